The average molecular weight is 278 g/mol. The minimum Gasteiger partial charge on any atom is -0.282 e. The SMILES string of the molecule is CCc1cc(S(=O)(=O)O)cc2ccc(C)c(N=N)c12. The van der Waals surface area contributed by atoms with E-state index >= 15 is 0 Å². The van der Waals surface area contributed by atoms with E-state index < -0.39 is 10.1 Å². The molecule has 0 aliphatic heterocycles. The minimum absolute atomic E-state index is 0.128. The number of rotatable bonds is 3. The molecule has 2 aromatic rings. The third-order valence-corrected chi connectivity index (χ3v) is 3.97. The second kappa shape index (κ2) is 4.71. The first-order valence-electron chi connectivity index (χ1n) is 5.79. The lowest BCUT2D eigenvalue weighted by Crippen LogP contribution is -2.00. The molecule has 0 spiro atoms. The van der Waals surface area contributed by atoms with Crippen LogP contribution < -0.4 is 0 Å². The van der Waals surface area contributed by atoms with Gasteiger partial charge in [0.2, 0.25) is 0 Å². The molecule has 0 fully saturated rings. The minimum atomic E-state index is -4.23. The van der Waals surface area contributed by atoms with E-state index in [0.29, 0.717) is 17.5 Å². The number of nitrogens with zero attached hydrogens (tertiary/aromatic N) is 1. The highest BCUT2D eigenvalue weighted by Gasteiger charge is 2.15. The van der Waals surface area contributed by atoms with E-state index in [2.05, 4.69) is 5.11 Å². The van der Waals surface area contributed by atoms with Crippen LogP contribution in [0, 0.1) is 12.5 Å². The second-order valence-corrected chi connectivity index (χ2v) is 5.77. The molecule has 0 unspecified atom stereocenters. The Morgan fingerprint density at radius 1 is 1.32 bits per heavy atom. The van der Waals surface area contributed by atoms with Crippen molar-refractivity contribution in [3.8, 4) is 0 Å². The molecule has 0 bridgehead atoms. The van der Waals surface area contributed by atoms with Gasteiger partial charge in [-0.2, -0.15) is 13.5 Å². The summed E-state index contributed by atoms with van der Waals surface area (Å²) in [5.74, 6) is 0. The van der Waals surface area contributed by atoms with Crippen molar-refractivity contribution in [1.82, 2.24) is 0 Å². The Morgan fingerprint density at radius 3 is 2.53 bits per heavy atom. The number of benzene rings is 2. The molecule has 0 aromatic heterocycles. The molecule has 0 heterocycles. The Hall–Kier alpha value is -1.79. The van der Waals surface area contributed by atoms with Crippen molar-refractivity contribution in [3.05, 3.63) is 35.4 Å². The zero-order valence-corrected chi connectivity index (χ0v) is 11.5. The molecule has 19 heavy (non-hydrogen) atoms. The molecule has 2 aromatic carbocycles. The third-order valence-electron chi connectivity index (χ3n) is 3.14. The molecule has 0 radical (unpaired) electrons. The number of aryl methyl sites for hydroxylation is 2. The first kappa shape index (κ1) is 13.6. The molecule has 6 heteroatoms. The van der Waals surface area contributed by atoms with Crippen LogP contribution in [0.5, 0.6) is 0 Å². The quantitative estimate of drug-likeness (QED) is 0.663. The molecule has 0 aliphatic carbocycles. The van der Waals surface area contributed by atoms with Crippen LogP contribution in [0.25, 0.3) is 10.8 Å². The Bertz CT molecular complexity index is 767. The van der Waals surface area contributed by atoms with E-state index in [4.69, 9.17) is 10.1 Å². The highest BCUT2D eigenvalue weighted by Crippen LogP contribution is 2.34. The smallest absolute Gasteiger partial charge is 0.282 e. The van der Waals surface area contributed by atoms with Crippen LogP contribution in [0.4, 0.5) is 5.69 Å². The summed E-state index contributed by atoms with van der Waals surface area (Å²) in [5, 5.41) is 4.96. The Kier molecular flexibility index (Phi) is 3.38. The van der Waals surface area contributed by atoms with Gasteiger partial charge in [-0.15, -0.1) is 0 Å². The maximum absolute atomic E-state index is 11.3. The zero-order chi connectivity index (χ0) is 14.2. The molecule has 2 rings (SSSR count). The Labute approximate surface area is 111 Å². The summed E-state index contributed by atoms with van der Waals surface area (Å²) >= 11 is 0. The van der Waals surface area contributed by atoms with E-state index in [-0.39, 0.29) is 4.90 Å². The summed E-state index contributed by atoms with van der Waals surface area (Å²) in [6.07, 6.45) is 0.589. The fourth-order valence-corrected chi connectivity index (χ4v) is 2.75. The third kappa shape index (κ3) is 2.36. The van der Waals surface area contributed by atoms with Gasteiger partial charge in [0.25, 0.3) is 10.1 Å². The van der Waals surface area contributed by atoms with Crippen LogP contribution >= 0.6 is 0 Å². The maximum Gasteiger partial charge on any atom is 0.294 e. The van der Waals surface area contributed by atoms with Gasteiger partial charge >= 0.3 is 0 Å². The topological polar surface area (TPSA) is 90.6 Å². The molecule has 0 atom stereocenters. The van der Waals surface area contributed by atoms with E-state index in [1.165, 1.54) is 12.1 Å². The van der Waals surface area contributed by atoms with E-state index in [1.54, 1.807) is 12.1 Å². The van der Waals surface area contributed by atoms with Gasteiger partial charge in [-0.05, 0) is 42.0 Å². The Balaban J connectivity index is 2.96. The normalized spacial score (nSPS) is 11.7. The fraction of sp³-hybridized carbons (Fsp3) is 0.231. The number of hydrogen-bond donors (Lipinski definition) is 2. The van der Waals surface area contributed by atoms with Crippen LogP contribution in [0.3, 0.4) is 0 Å². The van der Waals surface area contributed by atoms with Gasteiger partial charge in [0.05, 0.1) is 10.6 Å². The van der Waals surface area contributed by atoms with Crippen molar-refractivity contribution in [1.29, 1.82) is 5.53 Å². The van der Waals surface area contributed by atoms with Gasteiger partial charge < -0.3 is 0 Å². The van der Waals surface area contributed by atoms with Gasteiger partial charge in [-0.3, -0.25) is 4.55 Å². The standard InChI is InChI=1S/C13H14N2O3S/c1-3-9-6-11(19(16,17)18)7-10-5-4-8(2)13(15-14)12(9)10/h4-7,14H,3H2,1-2H3,(H,16,17,18). The highest BCUT2D eigenvalue weighted by atomic mass is 32.2. The van der Waals surface area contributed by atoms with E-state index in [1.807, 2.05) is 13.8 Å². The van der Waals surface area contributed by atoms with Crippen LogP contribution in [0.2, 0.25) is 0 Å². The van der Waals surface area contributed by atoms with Crippen LogP contribution in [-0.4, -0.2) is 13.0 Å². The lowest BCUT2D eigenvalue weighted by Gasteiger charge is -2.11. The Morgan fingerprint density at radius 2 is 2.00 bits per heavy atom. The van der Waals surface area contributed by atoms with Gasteiger partial charge in [-0.1, -0.05) is 19.1 Å². The molecule has 100 valence electrons. The van der Waals surface area contributed by atoms with Gasteiger partial charge in [0.1, 0.15) is 0 Å². The number of fused-ring (bicyclic) bond motifs is 1. The van der Waals surface area contributed by atoms with Gasteiger partial charge in [-0.25, -0.2) is 5.53 Å². The first-order valence-corrected chi connectivity index (χ1v) is 7.23. The summed E-state index contributed by atoms with van der Waals surface area (Å²) < 4.78 is 31.7. The van der Waals surface area contributed by atoms with Crippen molar-refractivity contribution < 1.29 is 13.0 Å². The summed E-state index contributed by atoms with van der Waals surface area (Å²) in [6, 6.07) is 6.39. The molecule has 0 aliphatic rings. The zero-order valence-electron chi connectivity index (χ0n) is 10.6. The largest absolute Gasteiger partial charge is 0.294 e. The van der Waals surface area contributed by atoms with Gasteiger partial charge in [0.15, 0.2) is 0 Å². The summed E-state index contributed by atoms with van der Waals surface area (Å²) in [7, 11) is -4.23. The summed E-state index contributed by atoms with van der Waals surface area (Å²) in [4.78, 5) is -0.128. The fourth-order valence-electron chi connectivity index (χ4n) is 2.18. The van der Waals surface area contributed by atoms with Crippen molar-refractivity contribution in [2.75, 3.05) is 0 Å². The first-order chi connectivity index (χ1) is 8.88. The molecular formula is C13H14N2O3S. The molecular weight excluding hydrogens is 264 g/mol. The van der Waals surface area contributed by atoms with Crippen LogP contribution in [-0.2, 0) is 16.5 Å². The molecule has 2 N–H and O–H groups in total. The number of hydrogen-bond acceptors (Lipinski definition) is 4. The van der Waals surface area contributed by atoms with Crippen LogP contribution in [0.1, 0.15) is 18.1 Å². The monoisotopic (exact) mass is 278 g/mol. The summed E-state index contributed by atoms with van der Waals surface area (Å²) in [5.41, 5.74) is 9.42. The lowest BCUT2D eigenvalue weighted by molar-refractivity contribution is 0.483. The molecule has 5 nitrogen and oxygen atoms in total. The van der Waals surface area contributed by atoms with Crippen molar-refractivity contribution in [2.45, 2.75) is 25.2 Å². The predicted octanol–water partition coefficient (Wildman–Crippen LogP) is 3.62. The predicted molar refractivity (Wildman–Crippen MR) is 72.7 cm³/mol. The molecule has 0 saturated heterocycles. The van der Waals surface area contributed by atoms with Crippen LogP contribution in [0.15, 0.2) is 34.3 Å². The van der Waals surface area contributed by atoms with Crippen molar-refractivity contribution >= 4 is 26.6 Å². The van der Waals surface area contributed by atoms with Crippen molar-refractivity contribution in [2.24, 2.45) is 5.11 Å². The average Bonchev–Trinajstić information content (AvgIpc) is 2.36. The molecule has 0 saturated carbocycles. The number of nitrogens with one attached hydrogen (secondary N) is 1. The van der Waals surface area contributed by atoms with E-state index in [0.717, 1.165) is 16.5 Å². The molecule has 0 amide bonds. The van der Waals surface area contributed by atoms with Gasteiger partial charge in [0, 0.05) is 5.39 Å². The highest BCUT2D eigenvalue weighted by molar-refractivity contribution is 7.85. The van der Waals surface area contributed by atoms with Crippen molar-refractivity contribution in [3.63, 3.8) is 0 Å². The van der Waals surface area contributed by atoms with E-state index in [9.17, 15) is 8.42 Å². The maximum atomic E-state index is 11.3. The summed E-state index contributed by atoms with van der Waals surface area (Å²) in [6.45, 7) is 3.74. The lowest BCUT2D eigenvalue weighted by atomic mass is 9.98. The second-order valence-electron chi connectivity index (χ2n) is 4.35.